The van der Waals surface area contributed by atoms with Gasteiger partial charge in [-0.2, -0.15) is 0 Å². The van der Waals surface area contributed by atoms with Gasteiger partial charge in [-0.3, -0.25) is 0 Å². The molecule has 12 rings (SSSR count). The van der Waals surface area contributed by atoms with Crippen LogP contribution in [0.1, 0.15) is 58.2 Å². The Bertz CT molecular complexity index is 3820. The van der Waals surface area contributed by atoms with Gasteiger partial charge >= 0.3 is 0 Å². The van der Waals surface area contributed by atoms with Crippen molar-refractivity contribution in [3.05, 3.63) is 193 Å². The van der Waals surface area contributed by atoms with Crippen molar-refractivity contribution < 1.29 is 8.83 Å². The molecule has 0 N–H and O–H groups in total. The second-order valence-corrected chi connectivity index (χ2v) is 19.8. The fourth-order valence-electron chi connectivity index (χ4n) is 10.5. The van der Waals surface area contributed by atoms with E-state index < -0.39 is 0 Å². The topological polar surface area (TPSA) is 32.8 Å². The number of anilines is 6. The molecule has 0 unspecified atom stereocenters. The molecule has 0 saturated heterocycles. The molecule has 0 radical (unpaired) electrons. The van der Waals surface area contributed by atoms with Crippen molar-refractivity contribution in [3.63, 3.8) is 0 Å². The van der Waals surface area contributed by atoms with Crippen LogP contribution in [0.3, 0.4) is 0 Å². The summed E-state index contributed by atoms with van der Waals surface area (Å²) >= 11 is 0. The highest BCUT2D eigenvalue weighted by Gasteiger charge is 2.28. The van der Waals surface area contributed by atoms with E-state index in [2.05, 4.69) is 234 Å². The lowest BCUT2D eigenvalue weighted by atomic mass is 9.86. The van der Waals surface area contributed by atoms with Crippen LogP contribution in [0.2, 0.25) is 0 Å². The zero-order valence-electron chi connectivity index (χ0n) is 38.0. The van der Waals surface area contributed by atoms with Crippen molar-refractivity contribution in [2.45, 2.75) is 59.3 Å². The molecule has 12 aromatic rings. The molecule has 316 valence electrons. The van der Waals surface area contributed by atoms with Gasteiger partial charge in [-0.15, -0.1) is 0 Å². The smallest absolute Gasteiger partial charge is 0.159 e. The summed E-state index contributed by atoms with van der Waals surface area (Å²) in [5.74, 6) is 0. The quantitative estimate of drug-likeness (QED) is 0.156. The first kappa shape index (κ1) is 39.1. The third-order valence-electron chi connectivity index (χ3n) is 13.6. The molecule has 0 amide bonds. The largest absolute Gasteiger partial charge is 0.454 e. The summed E-state index contributed by atoms with van der Waals surface area (Å²) in [6, 6.07) is 64.1. The molecular formula is C61H50N2O2. The molecule has 0 spiro atoms. The van der Waals surface area contributed by atoms with E-state index in [9.17, 15) is 0 Å². The monoisotopic (exact) mass is 842 g/mol. The number of para-hydroxylation sites is 6. The maximum absolute atomic E-state index is 7.07. The lowest BCUT2D eigenvalue weighted by Crippen LogP contribution is -2.12. The van der Waals surface area contributed by atoms with E-state index in [1.165, 1.54) is 49.0 Å². The van der Waals surface area contributed by atoms with E-state index in [1.54, 1.807) is 0 Å². The standard InChI is InChI=1S/C61H50N2O2/c1-37-17-11-12-26-49(37)63(53-28-16-23-44-42-21-14-25-48(61(5,6)7)57(42)65-59(44)53)51-36-32-39-29-33-45-50(35-31-38-30-34-46(51)55(39)54(38)45)62(40-18-9-8-10-19-40)52-27-15-22-43-41-20-13-24-47(60(2,3)4)56(41)64-58(43)52/h8-36H,1-7H3. The van der Waals surface area contributed by atoms with Gasteiger partial charge in [0.25, 0.3) is 0 Å². The summed E-state index contributed by atoms with van der Waals surface area (Å²) < 4.78 is 14.1. The highest BCUT2D eigenvalue weighted by atomic mass is 16.3. The minimum Gasteiger partial charge on any atom is -0.454 e. The molecular weight excluding hydrogens is 793 g/mol. The van der Waals surface area contributed by atoms with E-state index in [4.69, 9.17) is 8.83 Å². The van der Waals surface area contributed by atoms with Crippen LogP contribution in [0.15, 0.2) is 185 Å². The van der Waals surface area contributed by atoms with Gasteiger partial charge in [-0.05, 0) is 87.3 Å². The van der Waals surface area contributed by atoms with Crippen LogP contribution < -0.4 is 9.80 Å². The van der Waals surface area contributed by atoms with E-state index in [-0.39, 0.29) is 10.8 Å². The molecule has 65 heavy (non-hydrogen) atoms. The molecule has 0 aliphatic carbocycles. The number of benzene rings is 10. The van der Waals surface area contributed by atoms with E-state index >= 15 is 0 Å². The number of nitrogens with zero attached hydrogens (tertiary/aromatic N) is 2. The Morgan fingerprint density at radius 2 is 0.738 bits per heavy atom. The average Bonchev–Trinajstić information content (AvgIpc) is 3.89. The van der Waals surface area contributed by atoms with E-state index in [0.29, 0.717) is 0 Å². The van der Waals surface area contributed by atoms with Gasteiger partial charge in [-0.1, -0.05) is 175 Å². The molecule has 2 aromatic heterocycles. The van der Waals surface area contributed by atoms with Crippen molar-refractivity contribution in [2.75, 3.05) is 9.80 Å². The summed E-state index contributed by atoms with van der Waals surface area (Å²) in [5, 5.41) is 11.7. The van der Waals surface area contributed by atoms with Gasteiger partial charge in [0.15, 0.2) is 11.2 Å². The summed E-state index contributed by atoms with van der Waals surface area (Å²) in [5.41, 5.74) is 13.4. The van der Waals surface area contributed by atoms with Gasteiger partial charge in [-0.25, -0.2) is 0 Å². The van der Waals surface area contributed by atoms with Crippen LogP contribution in [0, 0.1) is 6.92 Å². The molecule has 0 saturated carbocycles. The first-order valence-electron chi connectivity index (χ1n) is 22.8. The molecule has 10 aromatic carbocycles. The number of hydrogen-bond acceptors (Lipinski definition) is 4. The number of rotatable bonds is 6. The summed E-state index contributed by atoms with van der Waals surface area (Å²) in [6.07, 6.45) is 0. The fraction of sp³-hybridized carbons (Fsp3) is 0.148. The second kappa shape index (κ2) is 14.2. The zero-order chi connectivity index (χ0) is 44.4. The maximum atomic E-state index is 7.07. The van der Waals surface area contributed by atoms with Crippen molar-refractivity contribution in [3.8, 4) is 0 Å². The highest BCUT2D eigenvalue weighted by molar-refractivity contribution is 6.29. The maximum Gasteiger partial charge on any atom is 0.159 e. The Morgan fingerprint density at radius 1 is 0.323 bits per heavy atom. The minimum absolute atomic E-state index is 0.0826. The summed E-state index contributed by atoms with van der Waals surface area (Å²) in [4.78, 5) is 4.82. The predicted molar refractivity (Wildman–Crippen MR) is 276 cm³/mol. The zero-order valence-corrected chi connectivity index (χ0v) is 38.0. The molecule has 2 heterocycles. The Labute approximate surface area is 379 Å². The van der Waals surface area contributed by atoms with Crippen LogP contribution in [0.4, 0.5) is 34.1 Å². The second-order valence-electron chi connectivity index (χ2n) is 19.8. The van der Waals surface area contributed by atoms with Crippen LogP contribution in [0.5, 0.6) is 0 Å². The van der Waals surface area contributed by atoms with Gasteiger partial charge in [0.1, 0.15) is 11.2 Å². The SMILES string of the molecule is Cc1ccccc1N(c1ccc2ccc3c(N(c4ccccc4)c4cccc5c4oc4c(C(C)(C)C)cccc45)ccc4ccc1c2c43)c1cccc2c1oc1c(C(C)(C)C)cccc12. The van der Waals surface area contributed by atoms with Crippen molar-refractivity contribution in [2.24, 2.45) is 0 Å². The van der Waals surface area contributed by atoms with Crippen LogP contribution in [-0.4, -0.2) is 0 Å². The molecule has 0 aliphatic heterocycles. The number of aryl methyl sites for hydroxylation is 1. The molecule has 4 nitrogen and oxygen atoms in total. The highest BCUT2D eigenvalue weighted by Crippen LogP contribution is 2.51. The van der Waals surface area contributed by atoms with Crippen LogP contribution >= 0.6 is 0 Å². The molecule has 4 heteroatoms. The van der Waals surface area contributed by atoms with Crippen molar-refractivity contribution in [1.29, 1.82) is 0 Å². The lowest BCUT2D eigenvalue weighted by molar-refractivity contribution is 0.572. The van der Waals surface area contributed by atoms with Gasteiger partial charge < -0.3 is 18.6 Å². The van der Waals surface area contributed by atoms with Gasteiger partial charge in [0.2, 0.25) is 0 Å². The van der Waals surface area contributed by atoms with Crippen molar-refractivity contribution >= 4 is 110 Å². The number of furan rings is 2. The number of hydrogen-bond donors (Lipinski definition) is 0. The first-order chi connectivity index (χ1) is 31.5. The third kappa shape index (κ3) is 5.97. The Balaban J connectivity index is 1.12. The minimum atomic E-state index is -0.0847. The first-order valence-corrected chi connectivity index (χ1v) is 22.8. The molecule has 0 aliphatic rings. The van der Waals surface area contributed by atoms with E-state index in [1.807, 2.05) is 0 Å². The fourth-order valence-corrected chi connectivity index (χ4v) is 10.5. The number of fused-ring (bicyclic) bond motifs is 6. The van der Waals surface area contributed by atoms with Crippen molar-refractivity contribution in [1.82, 2.24) is 0 Å². The van der Waals surface area contributed by atoms with Gasteiger partial charge in [0, 0.05) is 54.8 Å². The lowest BCUT2D eigenvalue weighted by Gasteiger charge is -2.30. The molecule has 0 atom stereocenters. The predicted octanol–water partition coefficient (Wildman–Crippen LogP) is 18.2. The van der Waals surface area contributed by atoms with E-state index in [0.717, 1.165) is 78.0 Å². The Hall–Kier alpha value is -7.56. The third-order valence-corrected chi connectivity index (χ3v) is 13.6. The Kier molecular flexibility index (Phi) is 8.55. The van der Waals surface area contributed by atoms with Crippen LogP contribution in [0.25, 0.3) is 76.2 Å². The summed E-state index contributed by atoms with van der Waals surface area (Å²) in [6.45, 7) is 15.7. The normalized spacial score (nSPS) is 12.5. The van der Waals surface area contributed by atoms with Gasteiger partial charge in [0.05, 0.1) is 22.7 Å². The molecule has 0 bridgehead atoms. The summed E-state index contributed by atoms with van der Waals surface area (Å²) in [7, 11) is 0. The average molecular weight is 843 g/mol. The molecule has 0 fully saturated rings. The Morgan fingerprint density at radius 3 is 1.25 bits per heavy atom. The van der Waals surface area contributed by atoms with Crippen LogP contribution in [-0.2, 0) is 10.8 Å².